The van der Waals surface area contributed by atoms with E-state index in [1.165, 1.54) is 18.4 Å². The number of amides is 2. The van der Waals surface area contributed by atoms with E-state index in [1.54, 1.807) is 30.3 Å². The first-order valence-corrected chi connectivity index (χ1v) is 7.92. The number of nitriles is 1. The molecule has 5 nitrogen and oxygen atoms in total. The third-order valence-electron chi connectivity index (χ3n) is 3.76. The molecule has 0 heterocycles. The van der Waals surface area contributed by atoms with Gasteiger partial charge in [-0.25, -0.2) is 0 Å². The molecular formula is C18H21N3O2. The van der Waals surface area contributed by atoms with Gasteiger partial charge in [0.1, 0.15) is 6.42 Å². The zero-order chi connectivity index (χ0) is 16.5. The predicted octanol–water partition coefficient (Wildman–Crippen LogP) is 3.16. The highest BCUT2D eigenvalue weighted by molar-refractivity contribution is 5.97. The molecule has 1 aromatic rings. The summed E-state index contributed by atoms with van der Waals surface area (Å²) in [6, 6.07) is 8.51. The maximum Gasteiger partial charge on any atom is 0.251 e. The minimum absolute atomic E-state index is 0.155. The Morgan fingerprint density at radius 2 is 2.13 bits per heavy atom. The van der Waals surface area contributed by atoms with Gasteiger partial charge in [0.05, 0.1) is 6.07 Å². The summed E-state index contributed by atoms with van der Waals surface area (Å²) in [6.07, 6.45) is 7.76. The van der Waals surface area contributed by atoms with Crippen LogP contribution >= 0.6 is 0 Å². The first-order chi connectivity index (χ1) is 11.2. The predicted molar refractivity (Wildman–Crippen MR) is 88.8 cm³/mol. The Labute approximate surface area is 136 Å². The molecule has 23 heavy (non-hydrogen) atoms. The molecule has 0 saturated heterocycles. The number of carbonyl (C=O) groups is 2. The van der Waals surface area contributed by atoms with Crippen molar-refractivity contribution in [2.45, 2.75) is 38.5 Å². The van der Waals surface area contributed by atoms with E-state index in [1.807, 2.05) is 0 Å². The average molecular weight is 311 g/mol. The lowest BCUT2D eigenvalue weighted by Gasteiger charge is -2.13. The Kier molecular flexibility index (Phi) is 6.37. The van der Waals surface area contributed by atoms with Crippen LogP contribution in [0.15, 0.2) is 35.9 Å². The Balaban J connectivity index is 1.85. The van der Waals surface area contributed by atoms with Gasteiger partial charge in [-0.2, -0.15) is 5.26 Å². The molecule has 2 rings (SSSR count). The molecule has 2 amide bonds. The summed E-state index contributed by atoms with van der Waals surface area (Å²) in [5.41, 5.74) is 2.44. The van der Waals surface area contributed by atoms with Crippen LogP contribution in [0, 0.1) is 11.3 Å². The van der Waals surface area contributed by atoms with Gasteiger partial charge < -0.3 is 10.6 Å². The van der Waals surface area contributed by atoms with E-state index in [0.717, 1.165) is 19.3 Å². The molecule has 0 radical (unpaired) electrons. The fraction of sp³-hybridized carbons (Fsp3) is 0.389. The van der Waals surface area contributed by atoms with Crippen molar-refractivity contribution in [2.75, 3.05) is 11.9 Å². The quantitative estimate of drug-likeness (QED) is 0.792. The van der Waals surface area contributed by atoms with E-state index < -0.39 is 0 Å². The third-order valence-corrected chi connectivity index (χ3v) is 3.76. The second kappa shape index (κ2) is 8.74. The van der Waals surface area contributed by atoms with Crippen LogP contribution < -0.4 is 10.6 Å². The van der Waals surface area contributed by atoms with Crippen molar-refractivity contribution < 1.29 is 9.59 Å². The lowest BCUT2D eigenvalue weighted by molar-refractivity contribution is -0.115. The fourth-order valence-electron chi connectivity index (χ4n) is 2.59. The standard InChI is InChI=1S/C18H21N3O2/c19-11-9-17(22)21-16-8-4-7-15(13-16)18(23)20-12-10-14-5-2-1-3-6-14/h4-5,7-8,13H,1-3,6,9-10,12H2,(H,20,23)(H,21,22). The topological polar surface area (TPSA) is 82.0 Å². The van der Waals surface area contributed by atoms with Crippen molar-refractivity contribution in [2.24, 2.45) is 0 Å². The number of allylic oxidation sites excluding steroid dienone is 1. The molecule has 0 bridgehead atoms. The highest BCUT2D eigenvalue weighted by Gasteiger charge is 2.09. The summed E-state index contributed by atoms with van der Waals surface area (Å²) in [5, 5.41) is 14.0. The summed E-state index contributed by atoms with van der Waals surface area (Å²) in [5.74, 6) is -0.535. The van der Waals surface area contributed by atoms with Crippen molar-refractivity contribution >= 4 is 17.5 Å². The van der Waals surface area contributed by atoms with E-state index >= 15 is 0 Å². The van der Waals surface area contributed by atoms with Crippen LogP contribution in [0.25, 0.3) is 0 Å². The first-order valence-electron chi connectivity index (χ1n) is 7.92. The molecule has 0 unspecified atom stereocenters. The molecule has 1 aromatic carbocycles. The van der Waals surface area contributed by atoms with Crippen molar-refractivity contribution in [3.05, 3.63) is 41.5 Å². The number of carbonyl (C=O) groups excluding carboxylic acids is 2. The van der Waals surface area contributed by atoms with Crippen molar-refractivity contribution in [1.29, 1.82) is 5.26 Å². The Morgan fingerprint density at radius 1 is 1.26 bits per heavy atom. The van der Waals surface area contributed by atoms with Crippen LogP contribution in [0.1, 0.15) is 48.9 Å². The van der Waals surface area contributed by atoms with Crippen LogP contribution in [0.3, 0.4) is 0 Å². The second-order valence-corrected chi connectivity index (χ2v) is 5.58. The highest BCUT2D eigenvalue weighted by Crippen LogP contribution is 2.19. The van der Waals surface area contributed by atoms with Gasteiger partial charge in [0.2, 0.25) is 5.91 Å². The van der Waals surface area contributed by atoms with Crippen LogP contribution in [-0.2, 0) is 4.79 Å². The van der Waals surface area contributed by atoms with Gasteiger partial charge in [0.15, 0.2) is 0 Å². The minimum Gasteiger partial charge on any atom is -0.352 e. The zero-order valence-corrected chi connectivity index (χ0v) is 13.1. The third kappa shape index (κ3) is 5.59. The van der Waals surface area contributed by atoms with Crippen molar-refractivity contribution in [3.8, 4) is 6.07 Å². The van der Waals surface area contributed by atoms with E-state index in [2.05, 4.69) is 16.7 Å². The molecule has 1 aliphatic carbocycles. The summed E-state index contributed by atoms with van der Waals surface area (Å²) < 4.78 is 0. The second-order valence-electron chi connectivity index (χ2n) is 5.58. The Hall–Kier alpha value is -2.61. The van der Waals surface area contributed by atoms with E-state index in [9.17, 15) is 9.59 Å². The Morgan fingerprint density at radius 3 is 2.87 bits per heavy atom. The number of rotatable bonds is 6. The van der Waals surface area contributed by atoms with Crippen molar-refractivity contribution in [1.82, 2.24) is 5.32 Å². The molecule has 2 N–H and O–H groups in total. The summed E-state index contributed by atoms with van der Waals surface area (Å²) in [6.45, 7) is 0.621. The SMILES string of the molecule is N#CCC(=O)Nc1cccc(C(=O)NCCC2=CCCCC2)c1. The fourth-order valence-corrected chi connectivity index (χ4v) is 2.59. The van der Waals surface area contributed by atoms with E-state index in [4.69, 9.17) is 5.26 Å². The molecule has 1 aliphatic rings. The summed E-state index contributed by atoms with van der Waals surface area (Å²) in [4.78, 5) is 23.6. The maximum absolute atomic E-state index is 12.2. The molecule has 0 fully saturated rings. The van der Waals surface area contributed by atoms with Gasteiger partial charge in [0, 0.05) is 17.8 Å². The average Bonchev–Trinajstić information content (AvgIpc) is 2.56. The largest absolute Gasteiger partial charge is 0.352 e. The number of hydrogen-bond donors (Lipinski definition) is 2. The van der Waals surface area contributed by atoms with Crippen molar-refractivity contribution in [3.63, 3.8) is 0 Å². The molecule has 5 heteroatoms. The van der Waals surface area contributed by atoms with Gasteiger partial charge in [-0.05, 0) is 50.3 Å². The van der Waals surface area contributed by atoms with Gasteiger partial charge >= 0.3 is 0 Å². The lowest BCUT2D eigenvalue weighted by atomic mass is 9.97. The number of anilines is 1. The Bertz CT molecular complexity index is 644. The number of benzene rings is 1. The van der Waals surface area contributed by atoms with Crippen LogP contribution in [-0.4, -0.2) is 18.4 Å². The normalized spacial score (nSPS) is 13.6. The highest BCUT2D eigenvalue weighted by atomic mass is 16.2. The number of hydrogen-bond acceptors (Lipinski definition) is 3. The molecule has 0 saturated carbocycles. The van der Waals surface area contributed by atoms with Gasteiger partial charge in [-0.1, -0.05) is 17.7 Å². The zero-order valence-electron chi connectivity index (χ0n) is 13.1. The number of nitrogens with zero attached hydrogens (tertiary/aromatic N) is 1. The van der Waals surface area contributed by atoms with E-state index in [0.29, 0.717) is 17.8 Å². The first kappa shape index (κ1) is 16.8. The lowest BCUT2D eigenvalue weighted by Crippen LogP contribution is -2.25. The molecule has 0 spiro atoms. The smallest absolute Gasteiger partial charge is 0.251 e. The van der Waals surface area contributed by atoms with Crippen LogP contribution in [0.4, 0.5) is 5.69 Å². The van der Waals surface area contributed by atoms with Crippen LogP contribution in [0.5, 0.6) is 0 Å². The molecule has 0 atom stereocenters. The van der Waals surface area contributed by atoms with Crippen LogP contribution in [0.2, 0.25) is 0 Å². The van der Waals surface area contributed by atoms with E-state index in [-0.39, 0.29) is 18.2 Å². The number of nitrogens with one attached hydrogen (secondary N) is 2. The van der Waals surface area contributed by atoms with Gasteiger partial charge in [-0.3, -0.25) is 9.59 Å². The minimum atomic E-state index is -0.380. The molecule has 0 aliphatic heterocycles. The summed E-state index contributed by atoms with van der Waals surface area (Å²) >= 11 is 0. The monoisotopic (exact) mass is 311 g/mol. The summed E-state index contributed by atoms with van der Waals surface area (Å²) in [7, 11) is 0. The van der Waals surface area contributed by atoms with Gasteiger partial charge in [0.25, 0.3) is 5.91 Å². The molecular weight excluding hydrogens is 290 g/mol. The molecule has 0 aromatic heterocycles. The van der Waals surface area contributed by atoms with Gasteiger partial charge in [-0.15, -0.1) is 0 Å². The molecule has 120 valence electrons. The maximum atomic E-state index is 12.2.